The second kappa shape index (κ2) is 9.68. The van der Waals surface area contributed by atoms with E-state index < -0.39 is 0 Å². The first kappa shape index (κ1) is 21.7. The summed E-state index contributed by atoms with van der Waals surface area (Å²) in [7, 11) is 3.20. The van der Waals surface area contributed by atoms with Crippen molar-refractivity contribution in [3.05, 3.63) is 46.9 Å². The number of thiazole rings is 1. The first-order valence-electron chi connectivity index (χ1n) is 9.20. The number of benzene rings is 1. The predicted molar refractivity (Wildman–Crippen MR) is 120 cm³/mol. The number of hydrogen-bond donors (Lipinski definition) is 2. The van der Waals surface area contributed by atoms with E-state index in [4.69, 9.17) is 21.7 Å². The summed E-state index contributed by atoms with van der Waals surface area (Å²) in [6.07, 6.45) is 2.61. The van der Waals surface area contributed by atoms with E-state index in [1.807, 2.05) is 23.6 Å². The molecule has 158 valence electrons. The molecule has 2 heterocycles. The van der Waals surface area contributed by atoms with Gasteiger partial charge in [0.15, 0.2) is 15.7 Å². The lowest BCUT2D eigenvalue weighted by Crippen LogP contribution is -2.12. The van der Waals surface area contributed by atoms with Crippen molar-refractivity contribution in [3.63, 3.8) is 0 Å². The van der Waals surface area contributed by atoms with Crippen molar-refractivity contribution in [2.24, 2.45) is 0 Å². The summed E-state index contributed by atoms with van der Waals surface area (Å²) >= 11 is 6.63. The van der Waals surface area contributed by atoms with E-state index in [9.17, 15) is 4.79 Å². The van der Waals surface area contributed by atoms with Crippen LogP contribution in [0, 0.1) is 11.7 Å². The Hall–Kier alpha value is -2.98. The third-order valence-corrected chi connectivity index (χ3v) is 5.75. The minimum Gasteiger partial charge on any atom is -0.497 e. The van der Waals surface area contributed by atoms with Gasteiger partial charge in [-0.3, -0.25) is 14.5 Å². The maximum atomic E-state index is 12.5. The van der Waals surface area contributed by atoms with Crippen molar-refractivity contribution < 1.29 is 14.3 Å². The van der Waals surface area contributed by atoms with Crippen molar-refractivity contribution in [2.45, 2.75) is 26.3 Å². The molecule has 0 bridgehead atoms. The molecule has 0 atom stereocenters. The van der Waals surface area contributed by atoms with Crippen LogP contribution in [0.5, 0.6) is 11.5 Å². The highest BCUT2D eigenvalue weighted by molar-refractivity contribution is 7.71. The molecule has 3 rings (SSSR count). The number of carbonyl (C=O) groups is 1. The number of rotatable bonds is 9. The number of nitrogens with one attached hydrogen (secondary N) is 2. The molecule has 0 fully saturated rings. The highest BCUT2D eigenvalue weighted by Crippen LogP contribution is 2.32. The number of H-pyrrole nitrogens is 1. The molecule has 2 N–H and O–H groups in total. The molecule has 0 spiro atoms. The van der Waals surface area contributed by atoms with Crippen LogP contribution in [-0.2, 0) is 17.8 Å². The average molecular weight is 446 g/mol. The fourth-order valence-corrected chi connectivity index (χ4v) is 4.09. The number of aromatic amines is 1. The summed E-state index contributed by atoms with van der Waals surface area (Å²) in [4.78, 5) is 17.8. The van der Waals surface area contributed by atoms with Crippen molar-refractivity contribution in [3.8, 4) is 22.2 Å². The van der Waals surface area contributed by atoms with Gasteiger partial charge >= 0.3 is 0 Å². The van der Waals surface area contributed by atoms with Gasteiger partial charge < -0.3 is 14.8 Å². The molecule has 1 aromatic carbocycles. The number of nitrogens with zero attached hydrogens (tertiary/aromatic N) is 3. The Balaban J connectivity index is 1.69. The number of aromatic nitrogens is 4. The van der Waals surface area contributed by atoms with E-state index in [0.717, 1.165) is 16.1 Å². The lowest BCUT2D eigenvalue weighted by molar-refractivity contribution is -0.116. The zero-order valence-electron chi connectivity index (χ0n) is 17.0. The molecule has 0 aliphatic rings. The third-order valence-electron chi connectivity index (χ3n) is 4.37. The summed E-state index contributed by atoms with van der Waals surface area (Å²) < 4.78 is 12.9. The number of amides is 1. The molecular weight excluding hydrogens is 422 g/mol. The monoisotopic (exact) mass is 445 g/mol. The first-order chi connectivity index (χ1) is 14.4. The normalized spacial score (nSPS) is 10.6. The number of anilines is 1. The summed E-state index contributed by atoms with van der Waals surface area (Å²) in [5, 5.41) is 10.5. The smallest absolute Gasteiger partial charge is 0.226 e. The SMILES string of the molecule is C=CCn1c(-c2sc(NC(=O)CCc3cc(OC)cc(OC)c3)nc2C)n[nH]c1=S. The van der Waals surface area contributed by atoms with Gasteiger partial charge in [0.05, 0.1) is 24.8 Å². The Labute approximate surface area is 183 Å². The Morgan fingerprint density at radius 1 is 1.33 bits per heavy atom. The topological polar surface area (TPSA) is 94.1 Å². The molecule has 0 radical (unpaired) electrons. The second-order valence-corrected chi connectivity index (χ2v) is 7.84. The Kier molecular flexibility index (Phi) is 7.01. The molecule has 10 heteroatoms. The number of ether oxygens (including phenoxy) is 2. The molecule has 0 unspecified atom stereocenters. The van der Waals surface area contributed by atoms with Gasteiger partial charge in [-0.2, -0.15) is 5.10 Å². The molecular formula is C20H23N5O3S2. The van der Waals surface area contributed by atoms with Gasteiger partial charge in [0, 0.05) is 19.0 Å². The quantitative estimate of drug-likeness (QED) is 0.380. The summed E-state index contributed by atoms with van der Waals surface area (Å²) in [5.41, 5.74) is 1.73. The zero-order chi connectivity index (χ0) is 21.7. The van der Waals surface area contributed by atoms with Crippen molar-refractivity contribution in [1.82, 2.24) is 19.7 Å². The third kappa shape index (κ3) is 4.95. The molecule has 1 amide bonds. The van der Waals surface area contributed by atoms with E-state index in [0.29, 0.717) is 46.6 Å². The van der Waals surface area contributed by atoms with Gasteiger partial charge in [-0.25, -0.2) is 4.98 Å². The minimum atomic E-state index is -0.123. The fourth-order valence-electron chi connectivity index (χ4n) is 2.90. The first-order valence-corrected chi connectivity index (χ1v) is 10.4. The molecule has 0 aliphatic heterocycles. The van der Waals surface area contributed by atoms with Gasteiger partial charge in [0.1, 0.15) is 11.5 Å². The van der Waals surface area contributed by atoms with Gasteiger partial charge in [-0.15, -0.1) is 6.58 Å². The largest absolute Gasteiger partial charge is 0.497 e. The summed E-state index contributed by atoms with van der Waals surface area (Å²) in [6.45, 7) is 6.16. The molecule has 0 saturated heterocycles. The second-order valence-electron chi connectivity index (χ2n) is 6.45. The maximum Gasteiger partial charge on any atom is 0.226 e. The highest BCUT2D eigenvalue weighted by Gasteiger charge is 2.17. The minimum absolute atomic E-state index is 0.123. The van der Waals surface area contributed by atoms with E-state index in [-0.39, 0.29) is 5.91 Å². The van der Waals surface area contributed by atoms with Crippen LogP contribution in [0.3, 0.4) is 0 Å². The Morgan fingerprint density at radius 3 is 2.67 bits per heavy atom. The van der Waals surface area contributed by atoms with Crippen LogP contribution in [0.15, 0.2) is 30.9 Å². The van der Waals surface area contributed by atoms with Crippen LogP contribution < -0.4 is 14.8 Å². The van der Waals surface area contributed by atoms with Crippen LogP contribution in [0.25, 0.3) is 10.7 Å². The highest BCUT2D eigenvalue weighted by atomic mass is 32.1. The zero-order valence-corrected chi connectivity index (χ0v) is 18.7. The van der Waals surface area contributed by atoms with Crippen LogP contribution in [0.4, 0.5) is 5.13 Å². The van der Waals surface area contributed by atoms with Crippen molar-refractivity contribution in [2.75, 3.05) is 19.5 Å². The molecule has 2 aromatic heterocycles. The molecule has 30 heavy (non-hydrogen) atoms. The number of hydrogen-bond acceptors (Lipinski definition) is 7. The van der Waals surface area contributed by atoms with E-state index in [1.165, 1.54) is 11.3 Å². The number of allylic oxidation sites excluding steroid dienone is 1. The summed E-state index contributed by atoms with van der Waals surface area (Å²) in [5.74, 6) is 1.94. The van der Waals surface area contributed by atoms with Crippen molar-refractivity contribution in [1.29, 1.82) is 0 Å². The van der Waals surface area contributed by atoms with Crippen LogP contribution in [-0.4, -0.2) is 39.9 Å². The standard InChI is InChI=1S/C20H23N5O3S2/c1-5-8-25-18(23-24-20(25)29)17-12(2)21-19(30-17)22-16(26)7-6-13-9-14(27-3)11-15(10-13)28-4/h5,9-11H,1,6-8H2,2-4H3,(H,24,29)(H,21,22,26). The van der Waals surface area contributed by atoms with Crippen LogP contribution in [0.1, 0.15) is 17.7 Å². The van der Waals surface area contributed by atoms with Crippen molar-refractivity contribution >= 4 is 34.6 Å². The Bertz CT molecular complexity index is 1090. The lowest BCUT2D eigenvalue weighted by Gasteiger charge is -2.08. The van der Waals surface area contributed by atoms with Crippen LogP contribution in [0.2, 0.25) is 0 Å². The van der Waals surface area contributed by atoms with Gasteiger partial charge in [-0.1, -0.05) is 17.4 Å². The summed E-state index contributed by atoms with van der Waals surface area (Å²) in [6, 6.07) is 5.58. The fraction of sp³-hybridized carbons (Fsp3) is 0.300. The Morgan fingerprint density at radius 2 is 2.03 bits per heavy atom. The van der Waals surface area contributed by atoms with Crippen LogP contribution >= 0.6 is 23.6 Å². The number of methoxy groups -OCH3 is 2. The molecule has 8 nitrogen and oxygen atoms in total. The van der Waals surface area contributed by atoms with Gasteiger partial charge in [0.2, 0.25) is 5.91 Å². The number of carbonyl (C=O) groups excluding carboxylic acids is 1. The van der Waals surface area contributed by atoms with E-state index in [2.05, 4.69) is 27.1 Å². The molecule has 0 saturated carbocycles. The van der Waals surface area contributed by atoms with E-state index >= 15 is 0 Å². The predicted octanol–water partition coefficient (Wildman–Crippen LogP) is 4.15. The van der Waals surface area contributed by atoms with E-state index in [1.54, 1.807) is 26.4 Å². The van der Waals surface area contributed by atoms with Gasteiger partial charge in [0.25, 0.3) is 0 Å². The van der Waals surface area contributed by atoms with Gasteiger partial charge in [-0.05, 0) is 43.3 Å². The molecule has 3 aromatic rings. The molecule has 0 aliphatic carbocycles. The maximum absolute atomic E-state index is 12.5. The number of aryl methyl sites for hydroxylation is 2. The lowest BCUT2D eigenvalue weighted by atomic mass is 10.1. The average Bonchev–Trinajstić information content (AvgIpc) is 3.28.